The Balaban J connectivity index is 1.71. The summed E-state index contributed by atoms with van der Waals surface area (Å²) in [6.45, 7) is 0. The van der Waals surface area contributed by atoms with Crippen molar-refractivity contribution in [2.75, 3.05) is 5.73 Å². The fourth-order valence-corrected chi connectivity index (χ4v) is 3.21. The van der Waals surface area contributed by atoms with Crippen LogP contribution in [0.3, 0.4) is 0 Å². The van der Waals surface area contributed by atoms with Crippen molar-refractivity contribution >= 4 is 5.69 Å². The maximum atomic E-state index is 10.6. The van der Waals surface area contributed by atoms with Crippen LogP contribution < -0.4 is 5.73 Å². The number of fused-ring (bicyclic) bond motifs is 3. The smallest absolute Gasteiger partial charge is 0.104 e. The lowest BCUT2D eigenvalue weighted by Gasteiger charge is -2.13. The lowest BCUT2D eigenvalue weighted by molar-refractivity contribution is 0.220. The van der Waals surface area contributed by atoms with Gasteiger partial charge in [0.1, 0.15) is 6.10 Å². The van der Waals surface area contributed by atoms with Gasteiger partial charge in [-0.05, 0) is 51.9 Å². The SMILES string of the molecule is Nc1ccc([C@@H](O)c2ccc3c(c2)Cc2ccccc2-3)cc1. The Kier molecular flexibility index (Phi) is 2.98. The zero-order chi connectivity index (χ0) is 15.1. The molecule has 3 N–H and O–H groups in total. The van der Waals surface area contributed by atoms with Crippen LogP contribution in [0.15, 0.2) is 66.7 Å². The lowest BCUT2D eigenvalue weighted by atomic mass is 9.97. The molecule has 2 heteroatoms. The van der Waals surface area contributed by atoms with Gasteiger partial charge in [0.2, 0.25) is 0 Å². The zero-order valence-corrected chi connectivity index (χ0v) is 12.2. The highest BCUT2D eigenvalue weighted by atomic mass is 16.3. The van der Waals surface area contributed by atoms with Crippen molar-refractivity contribution in [1.29, 1.82) is 0 Å². The molecule has 3 aromatic rings. The second-order valence-electron chi connectivity index (χ2n) is 5.82. The van der Waals surface area contributed by atoms with Crippen LogP contribution in [0.1, 0.15) is 28.4 Å². The molecule has 0 saturated carbocycles. The van der Waals surface area contributed by atoms with Gasteiger partial charge in [0.25, 0.3) is 0 Å². The molecule has 0 radical (unpaired) electrons. The van der Waals surface area contributed by atoms with Gasteiger partial charge in [-0.3, -0.25) is 0 Å². The molecule has 108 valence electrons. The van der Waals surface area contributed by atoms with E-state index >= 15 is 0 Å². The fraction of sp³-hybridized carbons (Fsp3) is 0.100. The minimum Gasteiger partial charge on any atom is -0.399 e. The van der Waals surface area contributed by atoms with Crippen molar-refractivity contribution in [2.45, 2.75) is 12.5 Å². The van der Waals surface area contributed by atoms with Crippen LogP contribution in [0.25, 0.3) is 11.1 Å². The number of rotatable bonds is 2. The largest absolute Gasteiger partial charge is 0.399 e. The predicted octanol–water partition coefficient (Wildman–Crippen LogP) is 3.92. The van der Waals surface area contributed by atoms with Gasteiger partial charge in [0, 0.05) is 5.69 Å². The third-order valence-corrected chi connectivity index (χ3v) is 4.39. The lowest BCUT2D eigenvalue weighted by Crippen LogP contribution is -2.00. The van der Waals surface area contributed by atoms with Crippen LogP contribution in [0.2, 0.25) is 0 Å². The Bertz CT molecular complexity index is 837. The van der Waals surface area contributed by atoms with Crippen LogP contribution in [0.4, 0.5) is 5.69 Å². The van der Waals surface area contributed by atoms with Gasteiger partial charge in [0.05, 0.1) is 0 Å². The summed E-state index contributed by atoms with van der Waals surface area (Å²) in [5, 5.41) is 10.6. The third-order valence-electron chi connectivity index (χ3n) is 4.39. The van der Waals surface area contributed by atoms with Gasteiger partial charge in [-0.15, -0.1) is 0 Å². The van der Waals surface area contributed by atoms with E-state index in [9.17, 15) is 5.11 Å². The number of hydrogen-bond donors (Lipinski definition) is 2. The van der Waals surface area contributed by atoms with Crippen LogP contribution in [0.5, 0.6) is 0 Å². The van der Waals surface area contributed by atoms with Crippen molar-refractivity contribution < 1.29 is 5.11 Å². The van der Waals surface area contributed by atoms with E-state index < -0.39 is 6.10 Å². The van der Waals surface area contributed by atoms with Gasteiger partial charge in [0.15, 0.2) is 0 Å². The van der Waals surface area contributed by atoms with Crippen molar-refractivity contribution in [1.82, 2.24) is 0 Å². The molecule has 0 fully saturated rings. The summed E-state index contributed by atoms with van der Waals surface area (Å²) >= 11 is 0. The van der Waals surface area contributed by atoms with Crippen LogP contribution in [-0.4, -0.2) is 5.11 Å². The number of aliphatic hydroxyl groups is 1. The molecule has 0 aliphatic heterocycles. The van der Waals surface area contributed by atoms with Crippen molar-refractivity contribution in [3.05, 3.63) is 89.0 Å². The van der Waals surface area contributed by atoms with Crippen LogP contribution in [0, 0.1) is 0 Å². The van der Waals surface area contributed by atoms with Gasteiger partial charge < -0.3 is 10.8 Å². The average Bonchev–Trinajstić information content (AvgIpc) is 2.92. The number of aliphatic hydroxyl groups excluding tert-OH is 1. The van der Waals surface area contributed by atoms with Gasteiger partial charge in [-0.25, -0.2) is 0 Å². The van der Waals surface area contributed by atoms with E-state index in [0.717, 1.165) is 17.5 Å². The molecule has 0 aromatic heterocycles. The summed E-state index contributed by atoms with van der Waals surface area (Å²) in [7, 11) is 0. The molecule has 22 heavy (non-hydrogen) atoms. The molecule has 0 bridgehead atoms. The van der Waals surface area contributed by atoms with Gasteiger partial charge in [-0.1, -0.05) is 54.6 Å². The average molecular weight is 287 g/mol. The molecule has 0 spiro atoms. The molecule has 0 unspecified atom stereocenters. The molecule has 1 atom stereocenters. The first-order valence-electron chi connectivity index (χ1n) is 7.47. The predicted molar refractivity (Wildman–Crippen MR) is 89.6 cm³/mol. The monoisotopic (exact) mass is 287 g/mol. The minimum absolute atomic E-state index is 0.616. The second-order valence-corrected chi connectivity index (χ2v) is 5.82. The molecule has 1 aliphatic rings. The molecule has 4 rings (SSSR count). The van der Waals surface area contributed by atoms with Gasteiger partial charge >= 0.3 is 0 Å². The Hall–Kier alpha value is -2.58. The van der Waals surface area contributed by atoms with E-state index in [1.165, 1.54) is 22.3 Å². The van der Waals surface area contributed by atoms with Crippen molar-refractivity contribution in [3.63, 3.8) is 0 Å². The summed E-state index contributed by atoms with van der Waals surface area (Å²) in [6, 6.07) is 22.1. The number of anilines is 1. The number of nitrogen functional groups attached to an aromatic ring is 1. The fourth-order valence-electron chi connectivity index (χ4n) is 3.21. The highest BCUT2D eigenvalue weighted by Crippen LogP contribution is 2.38. The molecule has 1 aliphatic carbocycles. The number of hydrogen-bond acceptors (Lipinski definition) is 2. The van der Waals surface area contributed by atoms with E-state index in [-0.39, 0.29) is 0 Å². The van der Waals surface area contributed by atoms with Crippen molar-refractivity contribution in [2.24, 2.45) is 0 Å². The Labute approximate surface area is 129 Å². The number of nitrogens with two attached hydrogens (primary N) is 1. The molecule has 0 amide bonds. The maximum absolute atomic E-state index is 10.6. The molecule has 2 nitrogen and oxygen atoms in total. The van der Waals surface area contributed by atoms with Crippen LogP contribution >= 0.6 is 0 Å². The Morgan fingerprint density at radius 2 is 1.45 bits per heavy atom. The number of benzene rings is 3. The van der Waals surface area contributed by atoms with Gasteiger partial charge in [-0.2, -0.15) is 0 Å². The van der Waals surface area contributed by atoms with E-state index in [1.54, 1.807) is 0 Å². The standard InChI is InChI=1S/C20H17NO/c21-17-8-5-13(6-9-17)20(22)15-7-10-19-16(12-15)11-14-3-1-2-4-18(14)19/h1-10,12,20,22H,11,21H2/t20-/m1/s1. The molecule has 0 saturated heterocycles. The van der Waals surface area contributed by atoms with Crippen molar-refractivity contribution in [3.8, 4) is 11.1 Å². The first-order valence-corrected chi connectivity index (χ1v) is 7.47. The molecule has 3 aromatic carbocycles. The van der Waals surface area contributed by atoms with E-state index in [4.69, 9.17) is 5.73 Å². The molecular formula is C20H17NO. The van der Waals surface area contributed by atoms with E-state index in [1.807, 2.05) is 30.3 Å². The molecule has 0 heterocycles. The Morgan fingerprint density at radius 1 is 0.773 bits per heavy atom. The first kappa shape index (κ1) is 13.1. The highest BCUT2D eigenvalue weighted by molar-refractivity contribution is 5.77. The first-order chi connectivity index (χ1) is 10.7. The molecular weight excluding hydrogens is 270 g/mol. The van der Waals surface area contributed by atoms with E-state index in [2.05, 4.69) is 36.4 Å². The highest BCUT2D eigenvalue weighted by Gasteiger charge is 2.20. The maximum Gasteiger partial charge on any atom is 0.104 e. The normalized spacial score (nSPS) is 13.5. The Morgan fingerprint density at radius 3 is 2.27 bits per heavy atom. The van der Waals surface area contributed by atoms with E-state index in [0.29, 0.717) is 5.69 Å². The summed E-state index contributed by atoms with van der Waals surface area (Å²) in [5.74, 6) is 0. The summed E-state index contributed by atoms with van der Waals surface area (Å²) in [5.41, 5.74) is 13.4. The summed E-state index contributed by atoms with van der Waals surface area (Å²) in [4.78, 5) is 0. The van der Waals surface area contributed by atoms with Crippen LogP contribution in [-0.2, 0) is 6.42 Å². The summed E-state index contributed by atoms with van der Waals surface area (Å²) in [6.07, 6.45) is 0.322. The topological polar surface area (TPSA) is 46.2 Å². The third kappa shape index (κ3) is 2.09. The minimum atomic E-state index is -0.616. The zero-order valence-electron chi connectivity index (χ0n) is 12.2. The second kappa shape index (κ2) is 5.00. The quantitative estimate of drug-likeness (QED) is 0.549. The summed E-state index contributed by atoms with van der Waals surface area (Å²) < 4.78 is 0.